The second-order valence-corrected chi connectivity index (χ2v) is 5.53. The van der Waals surface area contributed by atoms with Gasteiger partial charge in [-0.05, 0) is 43.3 Å². The van der Waals surface area contributed by atoms with Crippen molar-refractivity contribution in [3.63, 3.8) is 0 Å². The third kappa shape index (κ3) is 7.92. The molecule has 0 saturated carbocycles. The molecule has 136 valence electrons. The Morgan fingerprint density at radius 2 is 1.72 bits per heavy atom. The van der Waals surface area contributed by atoms with Crippen LogP contribution in [0, 0.1) is 0 Å². The van der Waals surface area contributed by atoms with Crippen LogP contribution >= 0.6 is 12.4 Å². The lowest BCUT2D eigenvalue weighted by atomic mass is 10.1. The van der Waals surface area contributed by atoms with Crippen LogP contribution in [0.15, 0.2) is 54.6 Å². The van der Waals surface area contributed by atoms with Gasteiger partial charge in [0, 0.05) is 18.8 Å². The Kier molecular flexibility index (Phi) is 9.43. The highest BCUT2D eigenvalue weighted by molar-refractivity contribution is 5.85. The Labute approximate surface area is 155 Å². The average Bonchev–Trinajstić information content (AvgIpc) is 2.61. The van der Waals surface area contributed by atoms with Crippen LogP contribution in [-0.4, -0.2) is 44.8 Å². The number of anilines is 1. The van der Waals surface area contributed by atoms with Gasteiger partial charge < -0.3 is 14.4 Å². The molecule has 6 heteroatoms. The fourth-order valence-electron chi connectivity index (χ4n) is 2.20. The largest absolute Gasteiger partial charge is 0.497 e. The third-order valence-electron chi connectivity index (χ3n) is 3.67. The number of rotatable bonds is 8. The molecule has 0 saturated heterocycles. The van der Waals surface area contributed by atoms with Gasteiger partial charge in [-0.1, -0.05) is 30.3 Å². The smallest absolute Gasteiger partial charge is 0.411 e. The van der Waals surface area contributed by atoms with Gasteiger partial charge in [-0.2, -0.15) is 0 Å². The second-order valence-electron chi connectivity index (χ2n) is 5.53. The highest BCUT2D eigenvalue weighted by Crippen LogP contribution is 2.15. The maximum absolute atomic E-state index is 11.7. The monoisotopic (exact) mass is 364 g/mol. The third-order valence-corrected chi connectivity index (χ3v) is 3.67. The summed E-state index contributed by atoms with van der Waals surface area (Å²) in [5.74, 6) is 0.744. The van der Waals surface area contributed by atoms with E-state index in [0.29, 0.717) is 18.8 Å². The van der Waals surface area contributed by atoms with E-state index in [4.69, 9.17) is 9.47 Å². The molecule has 0 heterocycles. The summed E-state index contributed by atoms with van der Waals surface area (Å²) >= 11 is 0. The van der Waals surface area contributed by atoms with E-state index in [1.807, 2.05) is 25.2 Å². The zero-order valence-corrected chi connectivity index (χ0v) is 15.4. The Morgan fingerprint density at radius 3 is 2.36 bits per heavy atom. The topological polar surface area (TPSA) is 50.8 Å². The molecular weight excluding hydrogens is 340 g/mol. The molecule has 2 rings (SSSR count). The number of nitrogens with zero attached hydrogens (tertiary/aromatic N) is 1. The first-order chi connectivity index (χ1) is 11.7. The van der Waals surface area contributed by atoms with E-state index in [1.165, 1.54) is 5.56 Å². The predicted octanol–water partition coefficient (Wildman–Crippen LogP) is 3.84. The highest BCUT2D eigenvalue weighted by Gasteiger charge is 2.05. The van der Waals surface area contributed by atoms with E-state index in [2.05, 4.69) is 22.3 Å². The molecule has 0 fully saturated rings. The molecule has 1 N–H and O–H groups in total. The van der Waals surface area contributed by atoms with Crippen molar-refractivity contribution in [3.05, 3.63) is 60.2 Å². The average molecular weight is 365 g/mol. The van der Waals surface area contributed by atoms with Gasteiger partial charge in [-0.3, -0.25) is 5.32 Å². The number of amides is 1. The molecule has 0 spiro atoms. The van der Waals surface area contributed by atoms with Crippen molar-refractivity contribution in [2.75, 3.05) is 39.2 Å². The Hall–Kier alpha value is -2.24. The number of hydrogen-bond acceptors (Lipinski definition) is 4. The SMILES string of the molecule is COc1ccc(NC(=O)OCCN(C)CCc2ccccc2)cc1.Cl. The lowest BCUT2D eigenvalue weighted by molar-refractivity contribution is 0.146. The molecule has 1 amide bonds. The van der Waals surface area contributed by atoms with E-state index in [9.17, 15) is 4.79 Å². The molecule has 0 aliphatic rings. The number of ether oxygens (including phenoxy) is 2. The molecule has 0 aromatic heterocycles. The Balaban J connectivity index is 0.00000312. The van der Waals surface area contributed by atoms with Crippen LogP contribution in [0.5, 0.6) is 5.75 Å². The fraction of sp³-hybridized carbons (Fsp3) is 0.316. The molecule has 0 atom stereocenters. The van der Waals surface area contributed by atoms with Gasteiger partial charge in [0.15, 0.2) is 0 Å². The summed E-state index contributed by atoms with van der Waals surface area (Å²) in [6.07, 6.45) is 0.534. The molecule has 2 aromatic rings. The molecule has 2 aromatic carbocycles. The first kappa shape index (κ1) is 20.8. The van der Waals surface area contributed by atoms with Gasteiger partial charge in [0.1, 0.15) is 12.4 Å². The Bertz CT molecular complexity index is 620. The highest BCUT2D eigenvalue weighted by atomic mass is 35.5. The summed E-state index contributed by atoms with van der Waals surface area (Å²) in [6, 6.07) is 17.4. The van der Waals surface area contributed by atoms with Crippen LogP contribution in [0.4, 0.5) is 10.5 Å². The zero-order valence-electron chi connectivity index (χ0n) is 14.6. The summed E-state index contributed by atoms with van der Waals surface area (Å²) in [6.45, 7) is 1.98. The van der Waals surface area contributed by atoms with E-state index < -0.39 is 6.09 Å². The van der Waals surface area contributed by atoms with Crippen LogP contribution in [0.2, 0.25) is 0 Å². The summed E-state index contributed by atoms with van der Waals surface area (Å²) in [7, 11) is 3.62. The van der Waals surface area contributed by atoms with Gasteiger partial charge >= 0.3 is 6.09 Å². The predicted molar refractivity (Wildman–Crippen MR) is 103 cm³/mol. The number of nitrogens with one attached hydrogen (secondary N) is 1. The molecule has 25 heavy (non-hydrogen) atoms. The van der Waals surface area contributed by atoms with Gasteiger partial charge in [0.25, 0.3) is 0 Å². The van der Waals surface area contributed by atoms with Crippen molar-refractivity contribution < 1.29 is 14.3 Å². The van der Waals surface area contributed by atoms with Crippen molar-refractivity contribution in [2.24, 2.45) is 0 Å². The summed E-state index contributed by atoms with van der Waals surface area (Å²) < 4.78 is 10.3. The lowest BCUT2D eigenvalue weighted by Crippen LogP contribution is -2.27. The molecule has 5 nitrogen and oxygen atoms in total. The van der Waals surface area contributed by atoms with Crippen LogP contribution in [0.3, 0.4) is 0 Å². The van der Waals surface area contributed by atoms with E-state index in [1.54, 1.807) is 31.4 Å². The number of carbonyl (C=O) groups is 1. The summed E-state index contributed by atoms with van der Waals surface area (Å²) in [5, 5.41) is 2.69. The van der Waals surface area contributed by atoms with Crippen molar-refractivity contribution >= 4 is 24.2 Å². The fourth-order valence-corrected chi connectivity index (χ4v) is 2.20. The van der Waals surface area contributed by atoms with Crippen LogP contribution in [0.25, 0.3) is 0 Å². The molecule has 0 aliphatic heterocycles. The van der Waals surface area contributed by atoms with Gasteiger partial charge in [0.05, 0.1) is 7.11 Å². The molecule has 0 aliphatic carbocycles. The van der Waals surface area contributed by atoms with Crippen molar-refractivity contribution in [3.8, 4) is 5.75 Å². The van der Waals surface area contributed by atoms with Crippen molar-refractivity contribution in [2.45, 2.75) is 6.42 Å². The van der Waals surface area contributed by atoms with Crippen molar-refractivity contribution in [1.82, 2.24) is 4.90 Å². The molecule has 0 radical (unpaired) electrons. The standard InChI is InChI=1S/C19H24N2O3.ClH/c1-21(13-12-16-6-4-3-5-7-16)14-15-24-19(22)20-17-8-10-18(23-2)11-9-17;/h3-11H,12-15H2,1-2H3,(H,20,22);1H. The number of carbonyl (C=O) groups excluding carboxylic acids is 1. The van der Waals surface area contributed by atoms with Gasteiger partial charge in [-0.15, -0.1) is 12.4 Å². The molecule has 0 unspecified atom stereocenters. The van der Waals surface area contributed by atoms with Crippen LogP contribution < -0.4 is 10.1 Å². The number of halogens is 1. The summed E-state index contributed by atoms with van der Waals surface area (Å²) in [5.41, 5.74) is 1.99. The minimum atomic E-state index is -0.448. The maximum Gasteiger partial charge on any atom is 0.411 e. The number of methoxy groups -OCH3 is 1. The first-order valence-corrected chi connectivity index (χ1v) is 7.97. The number of hydrogen-bond donors (Lipinski definition) is 1. The van der Waals surface area contributed by atoms with Gasteiger partial charge in [-0.25, -0.2) is 4.79 Å². The minimum Gasteiger partial charge on any atom is -0.497 e. The maximum atomic E-state index is 11.7. The van der Waals surface area contributed by atoms with E-state index in [0.717, 1.165) is 18.7 Å². The van der Waals surface area contributed by atoms with Crippen molar-refractivity contribution in [1.29, 1.82) is 0 Å². The van der Waals surface area contributed by atoms with Crippen LogP contribution in [-0.2, 0) is 11.2 Å². The minimum absolute atomic E-state index is 0. The quantitative estimate of drug-likeness (QED) is 0.773. The normalized spacial score (nSPS) is 10.0. The lowest BCUT2D eigenvalue weighted by Gasteiger charge is -2.16. The Morgan fingerprint density at radius 1 is 1.04 bits per heavy atom. The zero-order chi connectivity index (χ0) is 17.2. The van der Waals surface area contributed by atoms with Gasteiger partial charge in [0.2, 0.25) is 0 Å². The number of benzene rings is 2. The second kappa shape index (κ2) is 11.3. The van der Waals surface area contributed by atoms with E-state index >= 15 is 0 Å². The van der Waals surface area contributed by atoms with Crippen LogP contribution in [0.1, 0.15) is 5.56 Å². The molecular formula is C19H25ClN2O3. The summed E-state index contributed by atoms with van der Waals surface area (Å²) in [4.78, 5) is 13.9. The molecule has 0 bridgehead atoms. The first-order valence-electron chi connectivity index (χ1n) is 7.97. The van der Waals surface area contributed by atoms with E-state index in [-0.39, 0.29) is 12.4 Å². The number of likely N-dealkylation sites (N-methyl/N-ethyl adjacent to an activating group) is 1.